The van der Waals surface area contributed by atoms with Crippen molar-refractivity contribution in [2.75, 3.05) is 0 Å². The Morgan fingerprint density at radius 3 is 1.12 bits per heavy atom. The molecule has 0 fully saturated rings. The van der Waals surface area contributed by atoms with Crippen LogP contribution in [0.5, 0.6) is 0 Å². The highest BCUT2D eigenvalue weighted by Gasteiger charge is 2.00. The Morgan fingerprint density at radius 2 is 0.882 bits per heavy atom. The van der Waals surface area contributed by atoms with E-state index < -0.39 is 7.82 Å². The van der Waals surface area contributed by atoms with Crippen LogP contribution in [0.2, 0.25) is 0 Å². The predicted octanol–water partition coefficient (Wildman–Crippen LogP) is 2.42. The molecule has 0 aliphatic heterocycles. The normalized spacial score (nSPS) is 10.3. The monoisotopic (exact) mass is 252 g/mol. The number of hydrogen-bond donors (Lipinski definition) is 3. The van der Waals surface area contributed by atoms with Gasteiger partial charge in [0, 0.05) is 0 Å². The van der Waals surface area contributed by atoms with Crippen molar-refractivity contribution >= 4 is 7.82 Å². The molecule has 0 amide bonds. The molecular weight excluding hydrogens is 239 g/mol. The fraction of sp³-hybridized carbons (Fsp3) is 0. The zero-order chi connectivity index (χ0) is 12.7. The molecule has 0 heterocycles. The summed E-state index contributed by atoms with van der Waals surface area (Å²) in [6, 6.07) is 20.8. The largest absolute Gasteiger partial charge is 0.466 e. The van der Waals surface area contributed by atoms with E-state index in [-0.39, 0.29) is 0 Å². The van der Waals surface area contributed by atoms with E-state index in [9.17, 15) is 0 Å². The van der Waals surface area contributed by atoms with Crippen LogP contribution >= 0.6 is 7.82 Å². The van der Waals surface area contributed by atoms with Crippen molar-refractivity contribution < 1.29 is 19.2 Å². The molecule has 0 aliphatic rings. The summed E-state index contributed by atoms with van der Waals surface area (Å²) in [5, 5.41) is 0. The minimum absolute atomic E-state index is 1.28. The summed E-state index contributed by atoms with van der Waals surface area (Å²) in [4.78, 5) is 21.6. The van der Waals surface area contributed by atoms with Crippen LogP contribution in [0, 0.1) is 0 Å². The lowest BCUT2D eigenvalue weighted by Crippen LogP contribution is -1.73. The number of rotatable bonds is 1. The number of phosphoric acid groups is 1. The maximum absolute atomic E-state index is 8.88. The Kier molecular flexibility index (Phi) is 5.07. The van der Waals surface area contributed by atoms with Crippen molar-refractivity contribution in [2.24, 2.45) is 0 Å². The van der Waals surface area contributed by atoms with E-state index in [0.29, 0.717) is 0 Å². The molecule has 17 heavy (non-hydrogen) atoms. The quantitative estimate of drug-likeness (QED) is 0.681. The van der Waals surface area contributed by atoms with E-state index in [1.54, 1.807) is 0 Å². The van der Waals surface area contributed by atoms with E-state index in [1.807, 2.05) is 12.1 Å². The minimum atomic E-state index is -4.64. The molecule has 0 saturated carbocycles. The van der Waals surface area contributed by atoms with Gasteiger partial charge in [-0.25, -0.2) is 4.57 Å². The summed E-state index contributed by atoms with van der Waals surface area (Å²) in [6.45, 7) is 0. The summed E-state index contributed by atoms with van der Waals surface area (Å²) in [5.74, 6) is 0. The molecule has 4 nitrogen and oxygen atoms in total. The Labute approximate surface area is 99.4 Å². The molecule has 0 aromatic heterocycles. The average molecular weight is 252 g/mol. The summed E-state index contributed by atoms with van der Waals surface area (Å²) < 4.78 is 8.88. The first-order chi connectivity index (χ1) is 7.97. The summed E-state index contributed by atoms with van der Waals surface area (Å²) >= 11 is 0. The van der Waals surface area contributed by atoms with Crippen LogP contribution in [0.15, 0.2) is 60.7 Å². The van der Waals surface area contributed by atoms with E-state index in [2.05, 4.69) is 48.5 Å². The standard InChI is InChI=1S/C12H10.H3O4P/c1-3-7-11(8-4-1)12-9-5-2-6-10-12;1-5(2,3)4/h1-10H;(H3,1,2,3,4). The smallest absolute Gasteiger partial charge is 0.303 e. The van der Waals surface area contributed by atoms with Crippen molar-refractivity contribution in [2.45, 2.75) is 0 Å². The van der Waals surface area contributed by atoms with E-state index in [0.717, 1.165) is 0 Å². The molecule has 0 radical (unpaired) electrons. The highest BCUT2D eigenvalue weighted by Crippen LogP contribution is 2.25. The first kappa shape index (κ1) is 13.6. The van der Waals surface area contributed by atoms with Gasteiger partial charge in [-0.15, -0.1) is 0 Å². The van der Waals surface area contributed by atoms with Gasteiger partial charge in [0.1, 0.15) is 0 Å². The molecular formula is C12H13O4P. The zero-order valence-corrected chi connectivity index (χ0v) is 9.87. The van der Waals surface area contributed by atoms with Crippen LogP contribution in [0.3, 0.4) is 0 Å². The zero-order valence-electron chi connectivity index (χ0n) is 8.97. The minimum Gasteiger partial charge on any atom is -0.303 e. The van der Waals surface area contributed by atoms with Gasteiger partial charge < -0.3 is 14.7 Å². The molecule has 0 unspecified atom stereocenters. The van der Waals surface area contributed by atoms with Crippen LogP contribution in [0.25, 0.3) is 11.1 Å². The van der Waals surface area contributed by atoms with Gasteiger partial charge in [-0.05, 0) is 11.1 Å². The highest BCUT2D eigenvalue weighted by atomic mass is 31.2. The maximum Gasteiger partial charge on any atom is 0.466 e. The lowest BCUT2D eigenvalue weighted by atomic mass is 10.1. The van der Waals surface area contributed by atoms with Gasteiger partial charge in [0.15, 0.2) is 0 Å². The first-order valence-electron chi connectivity index (χ1n) is 4.85. The number of hydrogen-bond acceptors (Lipinski definition) is 1. The fourth-order valence-electron chi connectivity index (χ4n) is 1.26. The lowest BCUT2D eigenvalue weighted by Gasteiger charge is -1.98. The van der Waals surface area contributed by atoms with E-state index in [1.165, 1.54) is 11.1 Å². The van der Waals surface area contributed by atoms with Gasteiger partial charge in [0.05, 0.1) is 0 Å². The van der Waals surface area contributed by atoms with Gasteiger partial charge >= 0.3 is 7.82 Å². The topological polar surface area (TPSA) is 77.8 Å². The SMILES string of the molecule is O=P(O)(O)O.c1ccc(-c2ccccc2)cc1. The molecule has 2 aromatic carbocycles. The fourth-order valence-corrected chi connectivity index (χ4v) is 1.26. The molecule has 90 valence electrons. The van der Waals surface area contributed by atoms with Crippen molar-refractivity contribution in [3.8, 4) is 11.1 Å². The van der Waals surface area contributed by atoms with E-state index >= 15 is 0 Å². The van der Waals surface area contributed by atoms with Crippen molar-refractivity contribution in [1.82, 2.24) is 0 Å². The average Bonchev–Trinajstić information content (AvgIpc) is 2.29. The third-order valence-electron chi connectivity index (χ3n) is 1.88. The maximum atomic E-state index is 8.88. The number of benzene rings is 2. The van der Waals surface area contributed by atoms with Crippen LogP contribution in [-0.4, -0.2) is 14.7 Å². The van der Waals surface area contributed by atoms with E-state index in [4.69, 9.17) is 19.2 Å². The van der Waals surface area contributed by atoms with Gasteiger partial charge in [0.2, 0.25) is 0 Å². The van der Waals surface area contributed by atoms with Crippen molar-refractivity contribution in [3.05, 3.63) is 60.7 Å². The van der Waals surface area contributed by atoms with Gasteiger partial charge in [0.25, 0.3) is 0 Å². The lowest BCUT2D eigenvalue weighted by molar-refractivity contribution is 0.275. The van der Waals surface area contributed by atoms with Gasteiger partial charge in [-0.1, -0.05) is 60.7 Å². The molecule has 0 spiro atoms. The van der Waals surface area contributed by atoms with Gasteiger partial charge in [-0.2, -0.15) is 0 Å². The Hall–Kier alpha value is -1.45. The molecule has 0 aliphatic carbocycles. The molecule has 3 N–H and O–H groups in total. The second-order valence-electron chi connectivity index (χ2n) is 3.25. The first-order valence-corrected chi connectivity index (χ1v) is 6.42. The second kappa shape index (κ2) is 6.33. The summed E-state index contributed by atoms with van der Waals surface area (Å²) in [6.07, 6.45) is 0. The molecule has 0 bridgehead atoms. The molecule has 0 atom stereocenters. The highest BCUT2D eigenvalue weighted by molar-refractivity contribution is 7.45. The van der Waals surface area contributed by atoms with Crippen molar-refractivity contribution in [3.63, 3.8) is 0 Å². The van der Waals surface area contributed by atoms with Crippen molar-refractivity contribution in [1.29, 1.82) is 0 Å². The predicted molar refractivity (Wildman–Crippen MR) is 66.1 cm³/mol. The third-order valence-corrected chi connectivity index (χ3v) is 1.88. The molecule has 5 heteroatoms. The molecule has 2 aromatic rings. The van der Waals surface area contributed by atoms with Crippen LogP contribution in [0.4, 0.5) is 0 Å². The van der Waals surface area contributed by atoms with Gasteiger partial charge in [-0.3, -0.25) is 0 Å². The Morgan fingerprint density at radius 1 is 0.647 bits per heavy atom. The summed E-state index contributed by atoms with van der Waals surface area (Å²) in [7, 11) is -4.64. The van der Waals surface area contributed by atoms with Crippen LogP contribution < -0.4 is 0 Å². The van der Waals surface area contributed by atoms with Crippen LogP contribution in [0.1, 0.15) is 0 Å². The molecule has 2 rings (SSSR count). The Bertz CT molecular complexity index is 433. The third kappa shape index (κ3) is 6.66. The van der Waals surface area contributed by atoms with Crippen LogP contribution in [-0.2, 0) is 4.57 Å². The second-order valence-corrected chi connectivity index (χ2v) is 4.27. The molecule has 0 saturated heterocycles. The Balaban J connectivity index is 0.000000249. The summed E-state index contributed by atoms with van der Waals surface area (Å²) in [5.41, 5.74) is 2.55.